The summed E-state index contributed by atoms with van der Waals surface area (Å²) in [7, 11) is 0. The zero-order valence-corrected chi connectivity index (χ0v) is 13.1. The smallest absolute Gasteiger partial charge is 0.417 e. The highest BCUT2D eigenvalue weighted by Gasteiger charge is 2.38. The second kappa shape index (κ2) is 6.57. The molecule has 2 aliphatic heterocycles. The molecule has 2 aliphatic rings. The molecule has 0 spiro atoms. The lowest BCUT2D eigenvalue weighted by Crippen LogP contribution is -2.54. The molecule has 1 aromatic rings. The topological polar surface area (TPSA) is 66.9 Å². The molecule has 8 heteroatoms. The molecule has 0 aliphatic carbocycles. The second-order valence-corrected chi connectivity index (χ2v) is 6.52. The van der Waals surface area contributed by atoms with Crippen molar-refractivity contribution in [1.82, 2.24) is 9.80 Å². The number of hydrogen-bond acceptors (Lipinski definition) is 5. The summed E-state index contributed by atoms with van der Waals surface area (Å²) in [5, 5.41) is 0. The van der Waals surface area contributed by atoms with Crippen LogP contribution in [-0.2, 0) is 14.3 Å². The molecular formula is C15H15FN2O4S. The number of halogens is 1. The number of carbonyl (C=O) groups is 3. The SMILES string of the molecule is O=C(CSc1ccc(F)cc1)N1CC(CN2C(=O)COC2=O)C1. The fourth-order valence-corrected chi connectivity index (χ4v) is 3.27. The van der Waals surface area contributed by atoms with Crippen molar-refractivity contribution in [3.63, 3.8) is 0 Å². The average molecular weight is 338 g/mol. The number of carbonyl (C=O) groups excluding carboxylic acids is 3. The monoisotopic (exact) mass is 338 g/mol. The fraction of sp³-hybridized carbons (Fsp3) is 0.400. The lowest BCUT2D eigenvalue weighted by molar-refractivity contribution is -0.135. The Bertz CT molecular complexity index is 615. The van der Waals surface area contributed by atoms with E-state index in [1.54, 1.807) is 17.0 Å². The molecular weight excluding hydrogens is 323 g/mol. The van der Waals surface area contributed by atoms with Crippen LogP contribution < -0.4 is 0 Å². The molecule has 0 saturated carbocycles. The minimum absolute atomic E-state index is 0.00843. The molecule has 6 nitrogen and oxygen atoms in total. The Morgan fingerprint density at radius 3 is 2.57 bits per heavy atom. The summed E-state index contributed by atoms with van der Waals surface area (Å²) in [6.07, 6.45) is -0.605. The second-order valence-electron chi connectivity index (χ2n) is 5.47. The number of hydrogen-bond donors (Lipinski definition) is 0. The van der Waals surface area contributed by atoms with E-state index >= 15 is 0 Å². The van der Waals surface area contributed by atoms with Crippen LogP contribution in [0.15, 0.2) is 29.2 Å². The summed E-state index contributed by atoms with van der Waals surface area (Å²) in [6, 6.07) is 5.99. The normalized spacial score (nSPS) is 18.1. The van der Waals surface area contributed by atoms with E-state index in [1.807, 2.05) is 0 Å². The van der Waals surface area contributed by atoms with Crippen LogP contribution in [0.2, 0.25) is 0 Å². The predicted molar refractivity (Wildman–Crippen MR) is 80.3 cm³/mol. The van der Waals surface area contributed by atoms with E-state index in [2.05, 4.69) is 4.74 Å². The van der Waals surface area contributed by atoms with Crippen molar-refractivity contribution in [2.75, 3.05) is 32.0 Å². The summed E-state index contributed by atoms with van der Waals surface area (Å²) in [5.41, 5.74) is 0. The lowest BCUT2D eigenvalue weighted by Gasteiger charge is -2.40. The van der Waals surface area contributed by atoms with Gasteiger partial charge in [-0.15, -0.1) is 11.8 Å². The van der Waals surface area contributed by atoms with Gasteiger partial charge in [-0.25, -0.2) is 14.1 Å². The van der Waals surface area contributed by atoms with E-state index in [0.29, 0.717) is 19.6 Å². The van der Waals surface area contributed by atoms with Crippen LogP contribution in [0, 0.1) is 11.7 Å². The van der Waals surface area contributed by atoms with Crippen LogP contribution in [0.4, 0.5) is 9.18 Å². The number of rotatable bonds is 5. The Labute approximate surface area is 136 Å². The highest BCUT2D eigenvalue weighted by Crippen LogP contribution is 2.23. The minimum Gasteiger partial charge on any atom is -0.439 e. The van der Waals surface area contributed by atoms with Gasteiger partial charge in [0.05, 0.1) is 5.75 Å². The van der Waals surface area contributed by atoms with Gasteiger partial charge in [0.1, 0.15) is 5.82 Å². The van der Waals surface area contributed by atoms with E-state index in [-0.39, 0.29) is 35.9 Å². The molecule has 2 saturated heterocycles. The standard InChI is InChI=1S/C15H15FN2O4S/c16-11-1-3-12(4-2-11)23-9-14(20)17-5-10(6-17)7-18-13(19)8-22-15(18)21/h1-4,10H,5-9H2. The molecule has 0 unspecified atom stereocenters. The first kappa shape index (κ1) is 15.8. The molecule has 2 heterocycles. The Kier molecular flexibility index (Phi) is 4.51. The maximum absolute atomic E-state index is 12.8. The van der Waals surface area contributed by atoms with Gasteiger partial charge in [-0.1, -0.05) is 0 Å². The molecule has 0 aromatic heterocycles. The van der Waals surface area contributed by atoms with Crippen LogP contribution >= 0.6 is 11.8 Å². The van der Waals surface area contributed by atoms with Gasteiger partial charge in [-0.3, -0.25) is 9.59 Å². The average Bonchev–Trinajstić information content (AvgIpc) is 2.81. The Morgan fingerprint density at radius 2 is 1.96 bits per heavy atom. The van der Waals surface area contributed by atoms with Crippen LogP contribution in [0.5, 0.6) is 0 Å². The van der Waals surface area contributed by atoms with Crippen molar-refractivity contribution in [3.8, 4) is 0 Å². The van der Waals surface area contributed by atoms with Crippen LogP contribution in [0.3, 0.4) is 0 Å². The first-order chi connectivity index (χ1) is 11.0. The Hall–Kier alpha value is -2.09. The molecule has 3 amide bonds. The van der Waals surface area contributed by atoms with E-state index in [9.17, 15) is 18.8 Å². The molecule has 1 aromatic carbocycles. The fourth-order valence-electron chi connectivity index (χ4n) is 2.47. The van der Waals surface area contributed by atoms with Crippen molar-refractivity contribution < 1.29 is 23.5 Å². The van der Waals surface area contributed by atoms with Gasteiger partial charge >= 0.3 is 6.09 Å². The zero-order chi connectivity index (χ0) is 16.4. The largest absolute Gasteiger partial charge is 0.439 e. The Balaban J connectivity index is 1.40. The first-order valence-corrected chi connectivity index (χ1v) is 8.15. The van der Waals surface area contributed by atoms with Gasteiger partial charge in [0.25, 0.3) is 5.91 Å². The molecule has 0 N–H and O–H groups in total. The number of imide groups is 1. The van der Waals surface area contributed by atoms with Gasteiger partial charge in [0.15, 0.2) is 6.61 Å². The Morgan fingerprint density at radius 1 is 1.26 bits per heavy atom. The summed E-state index contributed by atoms with van der Waals surface area (Å²) in [6.45, 7) is 1.16. The highest BCUT2D eigenvalue weighted by atomic mass is 32.2. The predicted octanol–water partition coefficient (Wildman–Crippen LogP) is 1.35. The molecule has 0 bridgehead atoms. The number of amides is 3. The van der Waals surface area contributed by atoms with E-state index in [1.165, 1.54) is 23.9 Å². The molecule has 122 valence electrons. The number of ether oxygens (including phenoxy) is 1. The lowest BCUT2D eigenvalue weighted by atomic mass is 9.99. The van der Waals surface area contributed by atoms with Gasteiger partial charge in [-0.2, -0.15) is 0 Å². The van der Waals surface area contributed by atoms with Crippen molar-refractivity contribution in [2.45, 2.75) is 4.90 Å². The molecule has 3 rings (SSSR count). The molecule has 23 heavy (non-hydrogen) atoms. The van der Waals surface area contributed by atoms with E-state index in [0.717, 1.165) is 9.80 Å². The zero-order valence-electron chi connectivity index (χ0n) is 12.2. The minimum atomic E-state index is -0.605. The maximum atomic E-state index is 12.8. The molecule has 0 radical (unpaired) electrons. The van der Waals surface area contributed by atoms with Crippen LogP contribution in [0.25, 0.3) is 0 Å². The number of cyclic esters (lactones) is 1. The van der Waals surface area contributed by atoms with Crippen LogP contribution in [-0.4, -0.2) is 59.7 Å². The maximum Gasteiger partial charge on any atom is 0.417 e. The van der Waals surface area contributed by atoms with Gasteiger partial charge in [0.2, 0.25) is 5.91 Å². The van der Waals surface area contributed by atoms with Gasteiger partial charge in [-0.05, 0) is 24.3 Å². The van der Waals surface area contributed by atoms with Gasteiger partial charge < -0.3 is 9.64 Å². The van der Waals surface area contributed by atoms with Gasteiger partial charge in [0, 0.05) is 30.4 Å². The summed E-state index contributed by atoms with van der Waals surface area (Å²) in [4.78, 5) is 38.4. The third-order valence-electron chi connectivity index (χ3n) is 3.77. The number of benzene rings is 1. The third-order valence-corrected chi connectivity index (χ3v) is 4.76. The number of thioether (sulfide) groups is 1. The third kappa shape index (κ3) is 3.64. The van der Waals surface area contributed by atoms with Crippen LogP contribution in [0.1, 0.15) is 0 Å². The molecule has 2 fully saturated rings. The van der Waals surface area contributed by atoms with Crippen molar-refractivity contribution in [2.24, 2.45) is 5.92 Å². The molecule has 0 atom stereocenters. The van der Waals surface area contributed by atoms with Crippen molar-refractivity contribution in [1.29, 1.82) is 0 Å². The number of nitrogens with zero attached hydrogens (tertiary/aromatic N) is 2. The number of likely N-dealkylation sites (tertiary alicyclic amines) is 1. The van der Waals surface area contributed by atoms with E-state index in [4.69, 9.17) is 0 Å². The highest BCUT2D eigenvalue weighted by molar-refractivity contribution is 8.00. The first-order valence-electron chi connectivity index (χ1n) is 7.16. The van der Waals surface area contributed by atoms with E-state index < -0.39 is 6.09 Å². The summed E-state index contributed by atoms with van der Waals surface area (Å²) >= 11 is 1.35. The van der Waals surface area contributed by atoms with Crippen molar-refractivity contribution >= 4 is 29.7 Å². The van der Waals surface area contributed by atoms with Crippen molar-refractivity contribution in [3.05, 3.63) is 30.1 Å². The quantitative estimate of drug-likeness (QED) is 0.758. The summed E-state index contributed by atoms with van der Waals surface area (Å²) in [5.74, 6) is -0.258. The summed E-state index contributed by atoms with van der Waals surface area (Å²) < 4.78 is 17.4.